The van der Waals surface area contributed by atoms with Crippen molar-refractivity contribution in [3.8, 4) is 11.4 Å². The minimum absolute atomic E-state index is 0.248. The standard InChI is InChI=1S/C19H25FN4/c1-13(2)17-10-18(22-12-14-4-3-9-21-11-14)24-19(23-17)15-5-7-16(20)8-6-15/h5-8,10,13-14,21H,3-4,9,11-12H2,1-2H3,(H,22,23,24). The quantitative estimate of drug-likeness (QED) is 0.876. The fraction of sp³-hybridized carbons (Fsp3) is 0.474. The van der Waals surface area contributed by atoms with Crippen LogP contribution in [0.2, 0.25) is 0 Å². The van der Waals surface area contributed by atoms with E-state index in [4.69, 9.17) is 0 Å². The third-order valence-corrected chi connectivity index (χ3v) is 4.41. The van der Waals surface area contributed by atoms with Gasteiger partial charge < -0.3 is 10.6 Å². The molecular weight excluding hydrogens is 303 g/mol. The van der Waals surface area contributed by atoms with Crippen LogP contribution in [0.1, 0.15) is 38.3 Å². The number of nitrogens with zero attached hydrogens (tertiary/aromatic N) is 2. The molecule has 1 aliphatic rings. The van der Waals surface area contributed by atoms with Gasteiger partial charge in [0.25, 0.3) is 0 Å². The highest BCUT2D eigenvalue weighted by Gasteiger charge is 2.14. The van der Waals surface area contributed by atoms with Gasteiger partial charge >= 0.3 is 0 Å². The maximum atomic E-state index is 13.2. The predicted molar refractivity (Wildman–Crippen MR) is 95.6 cm³/mol. The molecule has 0 radical (unpaired) electrons. The van der Waals surface area contributed by atoms with Gasteiger partial charge in [0.05, 0.1) is 0 Å². The van der Waals surface area contributed by atoms with Crippen LogP contribution in [-0.4, -0.2) is 29.6 Å². The molecule has 0 amide bonds. The third kappa shape index (κ3) is 4.29. The van der Waals surface area contributed by atoms with E-state index in [0.29, 0.717) is 17.7 Å². The van der Waals surface area contributed by atoms with Gasteiger partial charge in [-0.2, -0.15) is 0 Å². The summed E-state index contributed by atoms with van der Waals surface area (Å²) >= 11 is 0. The van der Waals surface area contributed by atoms with E-state index in [1.807, 2.05) is 6.07 Å². The number of hydrogen-bond donors (Lipinski definition) is 2. The molecule has 4 nitrogen and oxygen atoms in total. The van der Waals surface area contributed by atoms with Crippen molar-refractivity contribution in [3.63, 3.8) is 0 Å². The van der Waals surface area contributed by atoms with E-state index in [1.165, 1.54) is 25.0 Å². The van der Waals surface area contributed by atoms with E-state index in [-0.39, 0.29) is 5.82 Å². The van der Waals surface area contributed by atoms with Crippen LogP contribution in [0.25, 0.3) is 11.4 Å². The Morgan fingerprint density at radius 1 is 1.25 bits per heavy atom. The Morgan fingerprint density at radius 3 is 2.71 bits per heavy atom. The SMILES string of the molecule is CC(C)c1cc(NCC2CCCNC2)nc(-c2ccc(F)cc2)n1. The third-order valence-electron chi connectivity index (χ3n) is 4.41. The van der Waals surface area contributed by atoms with Crippen molar-refractivity contribution in [2.45, 2.75) is 32.6 Å². The van der Waals surface area contributed by atoms with E-state index in [9.17, 15) is 4.39 Å². The molecule has 3 rings (SSSR count). The lowest BCUT2D eigenvalue weighted by Gasteiger charge is -2.23. The predicted octanol–water partition coefficient (Wildman–Crippen LogP) is 3.82. The molecule has 2 heterocycles. The zero-order valence-electron chi connectivity index (χ0n) is 14.3. The Balaban J connectivity index is 1.81. The Bertz CT molecular complexity index is 664. The van der Waals surface area contributed by atoms with Crippen LogP contribution in [0.15, 0.2) is 30.3 Å². The van der Waals surface area contributed by atoms with Crippen molar-refractivity contribution < 1.29 is 4.39 Å². The van der Waals surface area contributed by atoms with E-state index in [0.717, 1.165) is 36.7 Å². The highest BCUT2D eigenvalue weighted by Crippen LogP contribution is 2.22. The van der Waals surface area contributed by atoms with Crippen LogP contribution >= 0.6 is 0 Å². The molecule has 1 aromatic heterocycles. The average Bonchev–Trinajstić information content (AvgIpc) is 2.61. The highest BCUT2D eigenvalue weighted by atomic mass is 19.1. The van der Waals surface area contributed by atoms with Gasteiger partial charge in [0.2, 0.25) is 0 Å². The number of piperidine rings is 1. The monoisotopic (exact) mass is 328 g/mol. The lowest BCUT2D eigenvalue weighted by atomic mass is 10.00. The van der Waals surface area contributed by atoms with E-state index < -0.39 is 0 Å². The van der Waals surface area contributed by atoms with Crippen molar-refractivity contribution in [3.05, 3.63) is 41.8 Å². The van der Waals surface area contributed by atoms with Gasteiger partial charge in [-0.25, -0.2) is 14.4 Å². The van der Waals surface area contributed by atoms with Gasteiger partial charge in [0, 0.05) is 23.9 Å². The topological polar surface area (TPSA) is 49.8 Å². The van der Waals surface area contributed by atoms with Crippen molar-refractivity contribution in [2.24, 2.45) is 5.92 Å². The van der Waals surface area contributed by atoms with Gasteiger partial charge in [-0.3, -0.25) is 0 Å². The summed E-state index contributed by atoms with van der Waals surface area (Å²) in [5, 5.41) is 6.90. The fourth-order valence-electron chi connectivity index (χ4n) is 2.93. The van der Waals surface area contributed by atoms with Gasteiger partial charge in [-0.05, 0) is 62.0 Å². The van der Waals surface area contributed by atoms with E-state index in [1.54, 1.807) is 12.1 Å². The van der Waals surface area contributed by atoms with Crippen molar-refractivity contribution in [1.29, 1.82) is 0 Å². The molecule has 1 saturated heterocycles. The summed E-state index contributed by atoms with van der Waals surface area (Å²) in [6.07, 6.45) is 2.47. The maximum absolute atomic E-state index is 13.2. The lowest BCUT2D eigenvalue weighted by molar-refractivity contribution is 0.392. The maximum Gasteiger partial charge on any atom is 0.161 e. The number of halogens is 1. The van der Waals surface area contributed by atoms with Crippen molar-refractivity contribution in [2.75, 3.05) is 25.0 Å². The second-order valence-corrected chi connectivity index (χ2v) is 6.76. The normalized spacial score (nSPS) is 17.9. The summed E-state index contributed by atoms with van der Waals surface area (Å²) in [5.74, 6) is 2.18. The molecule has 1 fully saturated rings. The first kappa shape index (κ1) is 16.8. The smallest absolute Gasteiger partial charge is 0.161 e. The van der Waals surface area contributed by atoms with Crippen LogP contribution in [0.5, 0.6) is 0 Å². The Kier molecular flexibility index (Phi) is 5.41. The average molecular weight is 328 g/mol. The van der Waals surface area contributed by atoms with Crippen molar-refractivity contribution >= 4 is 5.82 Å². The molecule has 1 aromatic carbocycles. The number of aromatic nitrogens is 2. The zero-order valence-corrected chi connectivity index (χ0v) is 14.3. The number of hydrogen-bond acceptors (Lipinski definition) is 4. The molecule has 2 N–H and O–H groups in total. The molecule has 24 heavy (non-hydrogen) atoms. The number of nitrogens with one attached hydrogen (secondary N) is 2. The summed E-state index contributed by atoms with van der Waals surface area (Å²) in [4.78, 5) is 9.28. The Morgan fingerprint density at radius 2 is 2.04 bits per heavy atom. The van der Waals surface area contributed by atoms with Gasteiger partial charge in [-0.15, -0.1) is 0 Å². The molecule has 0 bridgehead atoms. The number of rotatable bonds is 5. The highest BCUT2D eigenvalue weighted by molar-refractivity contribution is 5.57. The Labute approximate surface area is 142 Å². The first-order chi connectivity index (χ1) is 11.6. The first-order valence-electron chi connectivity index (χ1n) is 8.71. The zero-order chi connectivity index (χ0) is 16.9. The molecule has 0 spiro atoms. The molecule has 128 valence electrons. The van der Waals surface area contributed by atoms with E-state index in [2.05, 4.69) is 34.4 Å². The van der Waals surface area contributed by atoms with Crippen LogP contribution in [0, 0.1) is 11.7 Å². The summed E-state index contributed by atoms with van der Waals surface area (Å²) in [5.41, 5.74) is 1.83. The molecule has 0 saturated carbocycles. The van der Waals surface area contributed by atoms with Crippen LogP contribution < -0.4 is 10.6 Å². The lowest BCUT2D eigenvalue weighted by Crippen LogP contribution is -2.33. The summed E-state index contributed by atoms with van der Waals surface area (Å²) in [6.45, 7) is 7.32. The molecule has 2 aromatic rings. The summed E-state index contributed by atoms with van der Waals surface area (Å²) in [6, 6.07) is 8.37. The van der Waals surface area contributed by atoms with Gasteiger partial charge in [0.1, 0.15) is 11.6 Å². The number of anilines is 1. The van der Waals surface area contributed by atoms with Gasteiger partial charge in [0.15, 0.2) is 5.82 Å². The van der Waals surface area contributed by atoms with Gasteiger partial charge in [-0.1, -0.05) is 13.8 Å². The second-order valence-electron chi connectivity index (χ2n) is 6.76. The molecule has 1 aliphatic heterocycles. The summed E-state index contributed by atoms with van der Waals surface area (Å²) < 4.78 is 13.2. The van der Waals surface area contributed by atoms with Crippen LogP contribution in [-0.2, 0) is 0 Å². The number of benzene rings is 1. The first-order valence-corrected chi connectivity index (χ1v) is 8.71. The molecule has 1 unspecified atom stereocenters. The minimum atomic E-state index is -0.248. The molecule has 0 aliphatic carbocycles. The molecular formula is C19H25FN4. The summed E-state index contributed by atoms with van der Waals surface area (Å²) in [7, 11) is 0. The molecule has 1 atom stereocenters. The fourth-order valence-corrected chi connectivity index (χ4v) is 2.93. The second kappa shape index (κ2) is 7.71. The van der Waals surface area contributed by atoms with Crippen LogP contribution in [0.3, 0.4) is 0 Å². The minimum Gasteiger partial charge on any atom is -0.370 e. The van der Waals surface area contributed by atoms with Crippen LogP contribution in [0.4, 0.5) is 10.2 Å². The van der Waals surface area contributed by atoms with Crippen molar-refractivity contribution in [1.82, 2.24) is 15.3 Å². The largest absolute Gasteiger partial charge is 0.370 e. The molecule has 5 heteroatoms. The Hall–Kier alpha value is -2.01. The van der Waals surface area contributed by atoms with E-state index >= 15 is 0 Å².